The van der Waals surface area contributed by atoms with E-state index < -0.39 is 0 Å². The molecule has 2 aliphatic carbocycles. The molecule has 2 saturated carbocycles. The molecule has 3 heteroatoms. The zero-order valence-electron chi connectivity index (χ0n) is 14.8. The second-order valence-electron chi connectivity index (χ2n) is 8.45. The molecule has 0 aromatic heterocycles. The van der Waals surface area contributed by atoms with Crippen LogP contribution in [-0.4, -0.2) is 20.3 Å². The maximum Gasteiger partial charge on any atom is 0.464 e. The van der Waals surface area contributed by atoms with Gasteiger partial charge in [-0.05, 0) is 24.2 Å². The highest BCUT2D eigenvalue weighted by molar-refractivity contribution is 6.49. The van der Waals surface area contributed by atoms with E-state index in [4.69, 9.17) is 9.31 Å². The van der Waals surface area contributed by atoms with Crippen LogP contribution in [0.3, 0.4) is 0 Å². The minimum atomic E-state index is 0.0844. The maximum absolute atomic E-state index is 6.20. The van der Waals surface area contributed by atoms with Crippen molar-refractivity contribution in [3.05, 3.63) is 0 Å². The Bertz CT molecular complexity index is 308. The first kappa shape index (κ1) is 16.8. The van der Waals surface area contributed by atoms with Crippen molar-refractivity contribution < 1.29 is 9.31 Å². The lowest BCUT2D eigenvalue weighted by molar-refractivity contribution is 0.101. The Labute approximate surface area is 137 Å². The van der Waals surface area contributed by atoms with Crippen molar-refractivity contribution in [2.75, 3.05) is 13.2 Å². The first-order chi connectivity index (χ1) is 10.7. The van der Waals surface area contributed by atoms with E-state index in [2.05, 4.69) is 13.8 Å². The van der Waals surface area contributed by atoms with Gasteiger partial charge in [-0.2, -0.15) is 0 Å². The number of hydrogen-bond acceptors (Lipinski definition) is 2. The van der Waals surface area contributed by atoms with Crippen LogP contribution in [0.15, 0.2) is 0 Å². The molecular formula is C19H35BO2. The molecule has 0 spiro atoms. The van der Waals surface area contributed by atoms with E-state index in [1.54, 1.807) is 0 Å². The van der Waals surface area contributed by atoms with Crippen molar-refractivity contribution >= 4 is 7.12 Å². The normalized spacial score (nSPS) is 26.0. The molecule has 3 fully saturated rings. The smallest absolute Gasteiger partial charge is 0.408 e. The second-order valence-corrected chi connectivity index (χ2v) is 8.45. The van der Waals surface area contributed by atoms with E-state index in [1.165, 1.54) is 70.6 Å². The molecule has 0 radical (unpaired) electrons. The fraction of sp³-hybridized carbons (Fsp3) is 1.00. The first-order valence-electron chi connectivity index (χ1n) is 9.96. The molecule has 0 bridgehead atoms. The van der Waals surface area contributed by atoms with Crippen LogP contribution in [0.2, 0.25) is 5.31 Å². The quantitative estimate of drug-likeness (QED) is 0.627. The largest absolute Gasteiger partial charge is 0.464 e. The summed E-state index contributed by atoms with van der Waals surface area (Å²) in [6.07, 6.45) is 15.5. The van der Waals surface area contributed by atoms with Gasteiger partial charge < -0.3 is 9.31 Å². The van der Waals surface area contributed by atoms with Crippen LogP contribution < -0.4 is 0 Å². The minimum absolute atomic E-state index is 0.0844. The molecular weight excluding hydrogens is 271 g/mol. The van der Waals surface area contributed by atoms with Crippen LogP contribution in [0.1, 0.15) is 84.5 Å². The summed E-state index contributed by atoms with van der Waals surface area (Å²) < 4.78 is 12.4. The average molecular weight is 306 g/mol. The molecule has 1 saturated heterocycles. The topological polar surface area (TPSA) is 18.5 Å². The van der Waals surface area contributed by atoms with E-state index in [-0.39, 0.29) is 7.12 Å². The summed E-state index contributed by atoms with van der Waals surface area (Å²) in [5.41, 5.74) is 0. The SMILES string of the molecule is CC(C)CC(B1OCCO1)(C1CCCCC1)C1CCCCC1. The molecule has 0 unspecified atom stereocenters. The van der Waals surface area contributed by atoms with Gasteiger partial charge in [0.05, 0.1) is 13.2 Å². The molecule has 22 heavy (non-hydrogen) atoms. The van der Waals surface area contributed by atoms with Crippen molar-refractivity contribution in [2.45, 2.75) is 89.8 Å². The van der Waals surface area contributed by atoms with Crippen LogP contribution in [-0.2, 0) is 9.31 Å². The monoisotopic (exact) mass is 306 g/mol. The van der Waals surface area contributed by atoms with Gasteiger partial charge in [0.1, 0.15) is 0 Å². The fourth-order valence-electron chi connectivity index (χ4n) is 5.80. The first-order valence-corrected chi connectivity index (χ1v) is 9.96. The number of hydrogen-bond donors (Lipinski definition) is 0. The highest BCUT2D eigenvalue weighted by Crippen LogP contribution is 2.60. The molecule has 1 aliphatic heterocycles. The third-order valence-electron chi connectivity index (χ3n) is 6.55. The summed E-state index contributed by atoms with van der Waals surface area (Å²) in [4.78, 5) is 0. The molecule has 3 aliphatic rings. The van der Waals surface area contributed by atoms with Crippen LogP contribution in [0.25, 0.3) is 0 Å². The number of rotatable bonds is 5. The minimum Gasteiger partial charge on any atom is -0.408 e. The van der Waals surface area contributed by atoms with E-state index in [9.17, 15) is 0 Å². The van der Waals surface area contributed by atoms with E-state index in [1.807, 2.05) is 0 Å². The Morgan fingerprint density at radius 2 is 1.27 bits per heavy atom. The third-order valence-corrected chi connectivity index (χ3v) is 6.55. The third kappa shape index (κ3) is 3.41. The molecule has 1 heterocycles. The van der Waals surface area contributed by atoms with Crippen LogP contribution in [0, 0.1) is 17.8 Å². The van der Waals surface area contributed by atoms with E-state index in [0.717, 1.165) is 31.0 Å². The van der Waals surface area contributed by atoms with Gasteiger partial charge in [-0.15, -0.1) is 0 Å². The molecule has 0 aromatic rings. The summed E-state index contributed by atoms with van der Waals surface area (Å²) in [5, 5.41) is 0.297. The summed E-state index contributed by atoms with van der Waals surface area (Å²) in [7, 11) is 0.0844. The predicted molar refractivity (Wildman–Crippen MR) is 93.0 cm³/mol. The Balaban J connectivity index is 1.91. The molecule has 0 amide bonds. The molecule has 3 rings (SSSR count). The van der Waals surface area contributed by atoms with Crippen molar-refractivity contribution in [1.29, 1.82) is 0 Å². The summed E-state index contributed by atoms with van der Waals surface area (Å²) in [5.74, 6) is 2.39. The van der Waals surface area contributed by atoms with Gasteiger partial charge in [-0.3, -0.25) is 0 Å². The Hall–Kier alpha value is -0.0151. The Morgan fingerprint density at radius 1 is 0.818 bits per heavy atom. The zero-order chi connectivity index (χ0) is 15.4. The maximum atomic E-state index is 6.20. The van der Waals surface area contributed by atoms with Crippen molar-refractivity contribution in [2.24, 2.45) is 17.8 Å². The molecule has 126 valence electrons. The second kappa shape index (κ2) is 7.70. The van der Waals surface area contributed by atoms with Gasteiger partial charge in [-0.1, -0.05) is 78.1 Å². The van der Waals surface area contributed by atoms with Gasteiger partial charge in [-0.25, -0.2) is 0 Å². The van der Waals surface area contributed by atoms with E-state index in [0.29, 0.717) is 5.31 Å². The Kier molecular flexibility index (Phi) is 5.89. The molecule has 0 aromatic carbocycles. The van der Waals surface area contributed by atoms with Crippen LogP contribution >= 0.6 is 0 Å². The predicted octanol–water partition coefficient (Wildman–Crippen LogP) is 5.47. The average Bonchev–Trinajstić information content (AvgIpc) is 3.09. The van der Waals surface area contributed by atoms with Crippen molar-refractivity contribution in [3.8, 4) is 0 Å². The summed E-state index contributed by atoms with van der Waals surface area (Å²) >= 11 is 0. The lowest BCUT2D eigenvalue weighted by Gasteiger charge is -2.51. The lowest BCUT2D eigenvalue weighted by atomic mass is 9.40. The highest BCUT2D eigenvalue weighted by Gasteiger charge is 2.56. The molecule has 0 N–H and O–H groups in total. The molecule has 0 atom stereocenters. The Morgan fingerprint density at radius 3 is 1.68 bits per heavy atom. The standard InChI is InChI=1S/C19H35BO2/c1-16(2)15-19(20-21-13-14-22-20,17-9-5-3-6-10-17)18-11-7-4-8-12-18/h16-18H,3-15H2,1-2H3. The van der Waals surface area contributed by atoms with Crippen LogP contribution in [0.4, 0.5) is 0 Å². The van der Waals surface area contributed by atoms with Gasteiger partial charge in [0, 0.05) is 5.31 Å². The molecule has 2 nitrogen and oxygen atoms in total. The lowest BCUT2D eigenvalue weighted by Crippen LogP contribution is -2.47. The van der Waals surface area contributed by atoms with Gasteiger partial charge in [0.2, 0.25) is 0 Å². The highest BCUT2D eigenvalue weighted by atomic mass is 16.6. The van der Waals surface area contributed by atoms with E-state index >= 15 is 0 Å². The fourth-order valence-corrected chi connectivity index (χ4v) is 5.80. The van der Waals surface area contributed by atoms with Crippen molar-refractivity contribution in [3.63, 3.8) is 0 Å². The van der Waals surface area contributed by atoms with Gasteiger partial charge in [0.15, 0.2) is 0 Å². The summed E-state index contributed by atoms with van der Waals surface area (Å²) in [6, 6.07) is 0. The van der Waals surface area contributed by atoms with Crippen LogP contribution in [0.5, 0.6) is 0 Å². The van der Waals surface area contributed by atoms with Crippen molar-refractivity contribution in [1.82, 2.24) is 0 Å². The van der Waals surface area contributed by atoms with Gasteiger partial charge in [0.25, 0.3) is 0 Å². The van der Waals surface area contributed by atoms with Gasteiger partial charge >= 0.3 is 7.12 Å². The summed E-state index contributed by atoms with van der Waals surface area (Å²) in [6.45, 7) is 6.42. The zero-order valence-corrected chi connectivity index (χ0v) is 14.8.